The van der Waals surface area contributed by atoms with Crippen LogP contribution >= 0.6 is 0 Å². The van der Waals surface area contributed by atoms with Crippen molar-refractivity contribution in [1.29, 1.82) is 0 Å². The van der Waals surface area contributed by atoms with E-state index in [0.717, 1.165) is 11.0 Å². The Morgan fingerprint density at radius 2 is 1.90 bits per heavy atom. The van der Waals surface area contributed by atoms with Gasteiger partial charge in [0, 0.05) is 12.1 Å². The first-order valence-electron chi connectivity index (χ1n) is 6.16. The number of alkyl halides is 3. The second-order valence-corrected chi connectivity index (χ2v) is 4.55. The van der Waals surface area contributed by atoms with Crippen molar-refractivity contribution in [2.45, 2.75) is 26.1 Å². The van der Waals surface area contributed by atoms with E-state index in [1.54, 1.807) is 6.92 Å². The number of hydrogen-bond acceptors (Lipinski definition) is 3. The first-order chi connectivity index (χ1) is 9.23. The van der Waals surface area contributed by atoms with Crippen molar-refractivity contribution >= 4 is 12.6 Å². The molecule has 0 bridgehead atoms. The summed E-state index contributed by atoms with van der Waals surface area (Å²) in [7, 11) is -1.81. The highest BCUT2D eigenvalue weighted by Crippen LogP contribution is 2.19. The van der Waals surface area contributed by atoms with E-state index < -0.39 is 25.7 Å². The molecule has 0 aliphatic rings. The molecule has 0 aromatic heterocycles. The van der Waals surface area contributed by atoms with Crippen molar-refractivity contribution in [3.05, 3.63) is 29.6 Å². The molecule has 0 aliphatic carbocycles. The quantitative estimate of drug-likeness (QED) is 0.613. The summed E-state index contributed by atoms with van der Waals surface area (Å²) in [4.78, 5) is 1.10. The molecule has 0 aliphatic heterocycles. The fourth-order valence-electron chi connectivity index (χ4n) is 1.88. The van der Waals surface area contributed by atoms with E-state index in [4.69, 9.17) is 10.0 Å². The zero-order valence-corrected chi connectivity index (χ0v) is 11.0. The SMILES string of the molecule is CCCN(Cc1ccc(B(O)O)cc1F)CC(F)(F)F. The first-order valence-corrected chi connectivity index (χ1v) is 6.16. The Balaban J connectivity index is 2.83. The predicted octanol–water partition coefficient (Wildman–Crippen LogP) is 1.28. The van der Waals surface area contributed by atoms with Crippen molar-refractivity contribution in [2.75, 3.05) is 13.1 Å². The lowest BCUT2D eigenvalue weighted by molar-refractivity contribution is -0.147. The minimum atomic E-state index is -4.34. The fraction of sp³-hybridized carbons (Fsp3) is 0.500. The van der Waals surface area contributed by atoms with Crippen molar-refractivity contribution in [2.24, 2.45) is 0 Å². The Morgan fingerprint density at radius 1 is 1.25 bits per heavy atom. The summed E-state index contributed by atoms with van der Waals surface area (Å²) in [6.07, 6.45) is -3.82. The van der Waals surface area contributed by atoms with Crippen LogP contribution in [0.3, 0.4) is 0 Å². The highest BCUT2D eigenvalue weighted by atomic mass is 19.4. The molecular formula is C12H16BF4NO2. The lowest BCUT2D eigenvalue weighted by Gasteiger charge is -2.23. The van der Waals surface area contributed by atoms with Gasteiger partial charge >= 0.3 is 13.3 Å². The Hall–Kier alpha value is -1.12. The topological polar surface area (TPSA) is 43.7 Å². The Morgan fingerprint density at radius 3 is 2.35 bits per heavy atom. The van der Waals surface area contributed by atoms with E-state index in [1.807, 2.05) is 0 Å². The summed E-state index contributed by atoms with van der Waals surface area (Å²) in [6.45, 7) is 0.653. The number of halogens is 4. The van der Waals surface area contributed by atoms with Gasteiger partial charge in [-0.1, -0.05) is 19.1 Å². The van der Waals surface area contributed by atoms with Gasteiger partial charge < -0.3 is 10.0 Å². The lowest BCUT2D eigenvalue weighted by atomic mass is 9.80. The van der Waals surface area contributed by atoms with E-state index in [1.165, 1.54) is 12.1 Å². The van der Waals surface area contributed by atoms with Crippen LogP contribution in [0.5, 0.6) is 0 Å². The van der Waals surface area contributed by atoms with E-state index in [9.17, 15) is 17.6 Å². The van der Waals surface area contributed by atoms with Gasteiger partial charge in [-0.3, -0.25) is 4.90 Å². The molecule has 0 amide bonds. The maximum atomic E-state index is 13.7. The van der Waals surface area contributed by atoms with Gasteiger partial charge in [-0.25, -0.2) is 4.39 Å². The van der Waals surface area contributed by atoms with Crippen LogP contribution in [0.25, 0.3) is 0 Å². The monoisotopic (exact) mass is 293 g/mol. The molecule has 0 saturated heterocycles. The third kappa shape index (κ3) is 5.48. The van der Waals surface area contributed by atoms with Gasteiger partial charge in [0.05, 0.1) is 6.54 Å². The molecule has 20 heavy (non-hydrogen) atoms. The van der Waals surface area contributed by atoms with Crippen LogP contribution in [-0.4, -0.2) is 41.3 Å². The van der Waals surface area contributed by atoms with Crippen LogP contribution in [0.4, 0.5) is 17.6 Å². The molecule has 112 valence electrons. The molecule has 0 saturated carbocycles. The molecule has 8 heteroatoms. The van der Waals surface area contributed by atoms with Gasteiger partial charge in [0.25, 0.3) is 0 Å². The molecule has 1 aromatic carbocycles. The zero-order valence-electron chi connectivity index (χ0n) is 11.0. The third-order valence-corrected chi connectivity index (χ3v) is 2.71. The number of hydrogen-bond donors (Lipinski definition) is 2. The summed E-state index contributed by atoms with van der Waals surface area (Å²) >= 11 is 0. The van der Waals surface area contributed by atoms with E-state index in [2.05, 4.69) is 0 Å². The van der Waals surface area contributed by atoms with Gasteiger partial charge in [0.15, 0.2) is 0 Å². The lowest BCUT2D eigenvalue weighted by Crippen LogP contribution is -2.35. The van der Waals surface area contributed by atoms with Crippen molar-refractivity contribution < 1.29 is 27.6 Å². The average molecular weight is 293 g/mol. The molecule has 2 N–H and O–H groups in total. The van der Waals surface area contributed by atoms with Crippen molar-refractivity contribution in [3.8, 4) is 0 Å². The molecule has 1 rings (SSSR count). The minimum Gasteiger partial charge on any atom is -0.423 e. The summed E-state index contributed by atoms with van der Waals surface area (Å²) in [5.41, 5.74) is 0.0520. The maximum Gasteiger partial charge on any atom is 0.488 e. The average Bonchev–Trinajstić information content (AvgIpc) is 2.29. The molecule has 0 heterocycles. The third-order valence-electron chi connectivity index (χ3n) is 2.71. The van der Waals surface area contributed by atoms with Gasteiger partial charge in [0.2, 0.25) is 0 Å². The number of nitrogens with zero attached hydrogens (tertiary/aromatic N) is 1. The molecule has 0 atom stereocenters. The summed E-state index contributed by atoms with van der Waals surface area (Å²) < 4.78 is 50.9. The van der Waals surface area contributed by atoms with Crippen LogP contribution in [0.2, 0.25) is 0 Å². The highest BCUT2D eigenvalue weighted by Gasteiger charge is 2.30. The van der Waals surface area contributed by atoms with Crippen LogP contribution in [0.15, 0.2) is 18.2 Å². The van der Waals surface area contributed by atoms with Gasteiger partial charge in [-0.15, -0.1) is 0 Å². The van der Waals surface area contributed by atoms with Crippen molar-refractivity contribution in [3.63, 3.8) is 0 Å². The standard InChI is InChI=1S/C12H16BF4NO2/c1-2-5-18(8-12(15,16)17)7-9-3-4-10(13(19)20)6-11(9)14/h3-4,6,19-20H,2,5,7-8H2,1H3. The smallest absolute Gasteiger partial charge is 0.423 e. The van der Waals surface area contributed by atoms with Crippen molar-refractivity contribution in [1.82, 2.24) is 4.90 Å². The molecule has 0 unspecified atom stereocenters. The van der Waals surface area contributed by atoms with Gasteiger partial charge in [0.1, 0.15) is 5.82 Å². The molecule has 3 nitrogen and oxygen atoms in total. The second kappa shape index (κ2) is 7.05. The molecule has 0 fully saturated rings. The maximum absolute atomic E-state index is 13.7. The van der Waals surface area contributed by atoms with Crippen LogP contribution < -0.4 is 5.46 Å². The van der Waals surface area contributed by atoms with E-state index in [0.29, 0.717) is 6.42 Å². The second-order valence-electron chi connectivity index (χ2n) is 4.55. The summed E-state index contributed by atoms with van der Waals surface area (Å²) in [5, 5.41) is 17.8. The largest absolute Gasteiger partial charge is 0.488 e. The Bertz CT molecular complexity index is 440. The summed E-state index contributed by atoms with van der Waals surface area (Å²) in [5.74, 6) is -0.751. The van der Waals surface area contributed by atoms with Crippen LogP contribution in [0.1, 0.15) is 18.9 Å². The fourth-order valence-corrected chi connectivity index (χ4v) is 1.88. The van der Waals surface area contributed by atoms with E-state index >= 15 is 0 Å². The molecule has 0 spiro atoms. The molecule has 1 aromatic rings. The minimum absolute atomic E-state index is 0.0379. The van der Waals surface area contributed by atoms with Gasteiger partial charge in [-0.2, -0.15) is 13.2 Å². The Labute approximate surface area is 115 Å². The Kier molecular flexibility index (Phi) is 5.97. The van der Waals surface area contributed by atoms with Gasteiger partial charge in [-0.05, 0) is 24.5 Å². The predicted molar refractivity (Wildman–Crippen MR) is 67.8 cm³/mol. The van der Waals surface area contributed by atoms with Crippen LogP contribution in [-0.2, 0) is 6.54 Å². The number of rotatable bonds is 6. The highest BCUT2D eigenvalue weighted by molar-refractivity contribution is 6.58. The van der Waals surface area contributed by atoms with Crippen LogP contribution in [0, 0.1) is 5.82 Å². The zero-order chi connectivity index (χ0) is 15.3. The molecular weight excluding hydrogens is 277 g/mol. The molecule has 0 radical (unpaired) electrons. The normalized spacial score (nSPS) is 12.0. The number of benzene rings is 1. The summed E-state index contributed by atoms with van der Waals surface area (Å²) in [6, 6.07) is 3.46. The van der Waals surface area contributed by atoms with E-state index in [-0.39, 0.29) is 24.1 Å². The first kappa shape index (κ1) is 16.9.